The third kappa shape index (κ3) is 4.40. The predicted octanol–water partition coefficient (Wildman–Crippen LogP) is 4.48. The van der Waals surface area contributed by atoms with Crippen molar-refractivity contribution in [1.29, 1.82) is 0 Å². The molecule has 0 amide bonds. The number of esters is 1. The summed E-state index contributed by atoms with van der Waals surface area (Å²) in [5.74, 6) is -0.624. The summed E-state index contributed by atoms with van der Waals surface area (Å²) in [4.78, 5) is 39.1. The van der Waals surface area contributed by atoms with Crippen molar-refractivity contribution in [2.45, 2.75) is 96.2 Å². The molecule has 0 radical (unpaired) electrons. The summed E-state index contributed by atoms with van der Waals surface area (Å²) < 4.78 is 18.6. The number of aryl methyl sites for hydroxylation is 1. The maximum absolute atomic E-state index is 14.2. The largest absolute Gasteiger partial charge is 0.458 e. The fourth-order valence-electron chi connectivity index (χ4n) is 9.33. The number of carbonyl (C=O) groups excluding carboxylic acids is 3. The second-order valence-corrected chi connectivity index (χ2v) is 13.4. The number of ketones is 2. The Labute approximate surface area is 247 Å². The van der Waals surface area contributed by atoms with Crippen LogP contribution in [0.4, 0.5) is 5.69 Å². The van der Waals surface area contributed by atoms with Crippen LogP contribution in [-0.2, 0) is 35.0 Å². The van der Waals surface area contributed by atoms with Crippen molar-refractivity contribution in [3.8, 4) is 0 Å². The number of hydrogen-bond donors (Lipinski definition) is 2. The zero-order valence-electron chi connectivity index (χ0n) is 24.8. The number of carbonyl (C=O) groups is 3. The molecule has 42 heavy (non-hydrogen) atoms. The minimum absolute atomic E-state index is 0.00144. The fourth-order valence-corrected chi connectivity index (χ4v) is 9.33. The molecule has 5 aliphatic rings. The third-order valence-electron chi connectivity index (χ3n) is 11.2. The summed E-state index contributed by atoms with van der Waals surface area (Å²) in [5.41, 5.74) is 6.17. The number of rotatable bonds is 8. The lowest BCUT2D eigenvalue weighted by Crippen LogP contribution is -2.63. The Kier molecular flexibility index (Phi) is 7.47. The first-order chi connectivity index (χ1) is 20.0. The number of hydrogen-bond acceptors (Lipinski definition) is 8. The molecule has 0 spiro atoms. The van der Waals surface area contributed by atoms with Crippen LogP contribution in [0.25, 0.3) is 0 Å². The molecule has 6 rings (SSSR count). The molecule has 1 aromatic rings. The highest BCUT2D eigenvalue weighted by atomic mass is 16.7. The molecule has 1 heterocycles. The van der Waals surface area contributed by atoms with Crippen LogP contribution < -0.4 is 5.73 Å². The normalized spacial score (nSPS) is 40.0. The van der Waals surface area contributed by atoms with Gasteiger partial charge >= 0.3 is 5.97 Å². The van der Waals surface area contributed by atoms with Crippen LogP contribution in [0.2, 0.25) is 0 Å². The third-order valence-corrected chi connectivity index (χ3v) is 11.2. The van der Waals surface area contributed by atoms with Crippen molar-refractivity contribution in [3.63, 3.8) is 0 Å². The Hall–Kier alpha value is -2.81. The Bertz CT molecular complexity index is 1340. The molecule has 3 saturated carbocycles. The van der Waals surface area contributed by atoms with Gasteiger partial charge in [-0.15, -0.1) is 0 Å². The number of nitrogens with two attached hydrogens (primary N) is 1. The van der Waals surface area contributed by atoms with E-state index in [4.69, 9.17) is 19.9 Å². The second-order valence-electron chi connectivity index (χ2n) is 13.4. The Morgan fingerprint density at radius 2 is 2.00 bits per heavy atom. The number of benzene rings is 1. The van der Waals surface area contributed by atoms with Gasteiger partial charge in [-0.25, -0.2) is 0 Å². The Morgan fingerprint density at radius 1 is 1.21 bits per heavy atom. The first-order valence-corrected chi connectivity index (χ1v) is 15.5. The standard InChI is InChI=1S/C34H43NO7/c1-4-7-30-41-28-17-24-23-12-11-21-16-22(36)14-15-32(21,2)31(23)26(37)18-33(24,3)34(28,42-30)27(38)19-40-29(39)13-10-20-8-5-6-9-25(20)35/h5-6,8-9,14-16,23-24,26,28,30-31,37H,4,7,10-13,17-19,35H2,1-3H3/t23-,24-,26-,28+,30?,31+,32-,33-,34+/m0/s1. The highest BCUT2D eigenvalue weighted by molar-refractivity contribution is 6.01. The summed E-state index contributed by atoms with van der Waals surface area (Å²) in [6, 6.07) is 7.39. The summed E-state index contributed by atoms with van der Waals surface area (Å²) in [5, 5.41) is 11.8. The minimum atomic E-state index is -1.30. The molecule has 4 fully saturated rings. The highest BCUT2D eigenvalue weighted by Gasteiger charge is 2.75. The molecule has 1 unspecified atom stereocenters. The van der Waals surface area contributed by atoms with Crippen LogP contribution in [0.1, 0.15) is 71.3 Å². The molecule has 4 aliphatic carbocycles. The van der Waals surface area contributed by atoms with Gasteiger partial charge in [0.1, 0.15) is 0 Å². The van der Waals surface area contributed by atoms with Gasteiger partial charge in [-0.05, 0) is 74.1 Å². The van der Waals surface area contributed by atoms with Gasteiger partial charge in [0.05, 0.1) is 12.2 Å². The zero-order chi connectivity index (χ0) is 29.9. The monoisotopic (exact) mass is 577 g/mol. The number of anilines is 1. The minimum Gasteiger partial charge on any atom is -0.458 e. The van der Waals surface area contributed by atoms with Crippen LogP contribution in [-0.4, -0.2) is 53.3 Å². The molecule has 9 atom stereocenters. The molecule has 1 aliphatic heterocycles. The second kappa shape index (κ2) is 10.7. The Morgan fingerprint density at radius 3 is 2.76 bits per heavy atom. The smallest absolute Gasteiger partial charge is 0.306 e. The number of nitrogen functional groups attached to an aromatic ring is 1. The van der Waals surface area contributed by atoms with Crippen LogP contribution in [0.5, 0.6) is 0 Å². The molecule has 1 saturated heterocycles. The van der Waals surface area contributed by atoms with E-state index in [0.29, 0.717) is 31.4 Å². The van der Waals surface area contributed by atoms with E-state index < -0.39 is 47.5 Å². The van der Waals surface area contributed by atoms with Gasteiger partial charge in [-0.1, -0.05) is 57.0 Å². The number of fused-ring (bicyclic) bond motifs is 7. The first-order valence-electron chi connectivity index (χ1n) is 15.5. The molecule has 8 nitrogen and oxygen atoms in total. The molecule has 3 N–H and O–H groups in total. The molecule has 1 aromatic carbocycles. The molecule has 226 valence electrons. The van der Waals surface area contributed by atoms with Crippen LogP contribution in [0.15, 0.2) is 48.1 Å². The van der Waals surface area contributed by atoms with Crippen LogP contribution in [0.3, 0.4) is 0 Å². The summed E-state index contributed by atoms with van der Waals surface area (Å²) in [6.07, 6.45) is 8.33. The maximum atomic E-state index is 14.2. The number of aliphatic hydroxyl groups is 1. The Balaban J connectivity index is 1.24. The van der Waals surface area contributed by atoms with E-state index in [1.165, 1.54) is 0 Å². The van der Waals surface area contributed by atoms with Gasteiger partial charge in [0.15, 0.2) is 24.3 Å². The lowest BCUT2D eigenvalue weighted by molar-refractivity contribution is -0.201. The summed E-state index contributed by atoms with van der Waals surface area (Å²) in [6.45, 7) is 5.85. The van der Waals surface area contributed by atoms with Gasteiger partial charge in [0.2, 0.25) is 5.78 Å². The number of allylic oxidation sites excluding steroid dienone is 4. The van der Waals surface area contributed by atoms with Crippen LogP contribution >= 0.6 is 0 Å². The van der Waals surface area contributed by atoms with Crippen molar-refractivity contribution in [1.82, 2.24) is 0 Å². The summed E-state index contributed by atoms with van der Waals surface area (Å²) in [7, 11) is 0. The van der Waals surface area contributed by atoms with E-state index >= 15 is 0 Å². The van der Waals surface area contributed by atoms with Crippen LogP contribution in [0, 0.1) is 28.6 Å². The van der Waals surface area contributed by atoms with Gasteiger partial charge in [0, 0.05) is 28.9 Å². The molecular formula is C34H43NO7. The quantitative estimate of drug-likeness (QED) is 0.342. The summed E-state index contributed by atoms with van der Waals surface area (Å²) >= 11 is 0. The first kappa shape index (κ1) is 29.3. The molecule has 0 aromatic heterocycles. The lowest BCUT2D eigenvalue weighted by Gasteiger charge is -2.59. The van der Waals surface area contributed by atoms with E-state index in [2.05, 4.69) is 13.8 Å². The van der Waals surface area contributed by atoms with Crippen molar-refractivity contribution < 1.29 is 33.7 Å². The van der Waals surface area contributed by atoms with Crippen molar-refractivity contribution in [2.75, 3.05) is 12.3 Å². The fraction of sp³-hybridized carbons (Fsp3) is 0.618. The van der Waals surface area contributed by atoms with E-state index in [-0.39, 0.29) is 35.7 Å². The average molecular weight is 578 g/mol. The number of Topliss-reactive ketones (excluding diaryl/α,β-unsaturated/α-hetero) is 1. The SMILES string of the molecule is CCCC1O[C@@H]2C[C@H]3[C@@H]4CCC5=CC(=O)C=C[C@]5(C)[C@H]4[C@@H](O)C[C@]3(C)[C@]2(C(=O)COC(=O)CCc2ccccc2N)O1. The molecular weight excluding hydrogens is 534 g/mol. The molecule has 0 bridgehead atoms. The van der Waals surface area contributed by atoms with E-state index in [0.717, 1.165) is 30.4 Å². The molecule has 8 heteroatoms. The number of aliphatic hydroxyl groups excluding tert-OH is 1. The highest BCUT2D eigenvalue weighted by Crippen LogP contribution is 2.69. The van der Waals surface area contributed by atoms with Gasteiger partial charge in [-0.2, -0.15) is 0 Å². The van der Waals surface area contributed by atoms with Crippen molar-refractivity contribution in [2.24, 2.45) is 28.6 Å². The number of ether oxygens (including phenoxy) is 3. The van der Waals surface area contributed by atoms with Gasteiger partial charge in [-0.3, -0.25) is 14.4 Å². The zero-order valence-corrected chi connectivity index (χ0v) is 24.8. The maximum Gasteiger partial charge on any atom is 0.306 e. The topological polar surface area (TPSA) is 125 Å². The number of para-hydroxylation sites is 1. The van der Waals surface area contributed by atoms with E-state index in [1.807, 2.05) is 31.2 Å². The predicted molar refractivity (Wildman–Crippen MR) is 156 cm³/mol. The van der Waals surface area contributed by atoms with Gasteiger partial charge in [0.25, 0.3) is 0 Å². The average Bonchev–Trinajstić information content (AvgIpc) is 3.43. The lowest BCUT2D eigenvalue weighted by atomic mass is 9.46. The van der Waals surface area contributed by atoms with Crippen molar-refractivity contribution in [3.05, 3.63) is 53.6 Å². The van der Waals surface area contributed by atoms with E-state index in [1.54, 1.807) is 18.2 Å². The van der Waals surface area contributed by atoms with Crippen molar-refractivity contribution >= 4 is 23.2 Å². The van der Waals surface area contributed by atoms with Gasteiger partial charge < -0.3 is 25.1 Å². The van der Waals surface area contributed by atoms with E-state index in [9.17, 15) is 19.5 Å².